The molecule has 0 amide bonds. The predicted molar refractivity (Wildman–Crippen MR) is 43.0 cm³/mol. The van der Waals surface area contributed by atoms with Gasteiger partial charge in [0.1, 0.15) is 0 Å². The van der Waals surface area contributed by atoms with E-state index in [0.29, 0.717) is 0 Å². The Bertz CT molecular complexity index is 356. The van der Waals surface area contributed by atoms with Crippen LogP contribution in [0.25, 0.3) is 5.69 Å². The van der Waals surface area contributed by atoms with Gasteiger partial charge in [-0.1, -0.05) is 12.1 Å². The van der Waals surface area contributed by atoms with Gasteiger partial charge in [-0.2, -0.15) is 0 Å². The molecule has 0 bridgehead atoms. The standard InChI is InChI=1S/C9H8N2O.K/c12-9-3-1-8(2-4-9)11-6-5-10-7-11;/h1-7,12H;/q;+1/p-1. The Morgan fingerprint density at radius 3 is 2.38 bits per heavy atom. The zero-order valence-corrected chi connectivity index (χ0v) is 10.5. The number of hydrogen-bond acceptors (Lipinski definition) is 2. The Labute approximate surface area is 119 Å². The van der Waals surface area contributed by atoms with Crippen LogP contribution in [0.3, 0.4) is 0 Å². The largest absolute Gasteiger partial charge is 1.00 e. The SMILES string of the molecule is [K+].[O-]c1ccc(-n2ccnc2)cc1. The molecular weight excluding hydrogens is 191 g/mol. The summed E-state index contributed by atoms with van der Waals surface area (Å²) in [5.41, 5.74) is 0.951. The monoisotopic (exact) mass is 198 g/mol. The summed E-state index contributed by atoms with van der Waals surface area (Å²) in [5.74, 6) is 0.0267. The van der Waals surface area contributed by atoms with Gasteiger partial charge in [0.05, 0.1) is 6.33 Å². The first kappa shape index (κ1) is 10.9. The molecule has 0 unspecified atom stereocenters. The molecule has 60 valence electrons. The molecule has 1 heterocycles. The van der Waals surface area contributed by atoms with Crippen molar-refractivity contribution >= 4 is 0 Å². The molecule has 0 aliphatic carbocycles. The maximum atomic E-state index is 10.8. The first-order valence-electron chi connectivity index (χ1n) is 3.62. The average Bonchev–Trinajstić information content (AvgIpc) is 2.58. The smallest absolute Gasteiger partial charge is 0.872 e. The molecule has 0 saturated carbocycles. The summed E-state index contributed by atoms with van der Waals surface area (Å²) >= 11 is 0. The Kier molecular flexibility index (Phi) is 4.15. The minimum atomic E-state index is 0. The van der Waals surface area contributed by atoms with Crippen molar-refractivity contribution in [1.82, 2.24) is 9.55 Å². The van der Waals surface area contributed by atoms with Crippen LogP contribution in [-0.4, -0.2) is 9.55 Å². The minimum absolute atomic E-state index is 0. The van der Waals surface area contributed by atoms with Crippen molar-refractivity contribution in [2.75, 3.05) is 0 Å². The first-order chi connectivity index (χ1) is 5.86. The fraction of sp³-hybridized carbons (Fsp3) is 0. The van der Waals surface area contributed by atoms with Gasteiger partial charge >= 0.3 is 51.4 Å². The van der Waals surface area contributed by atoms with Crippen LogP contribution in [-0.2, 0) is 0 Å². The van der Waals surface area contributed by atoms with Crippen molar-refractivity contribution in [2.45, 2.75) is 0 Å². The Morgan fingerprint density at radius 1 is 1.15 bits per heavy atom. The van der Waals surface area contributed by atoms with Crippen LogP contribution in [0.5, 0.6) is 5.75 Å². The topological polar surface area (TPSA) is 40.9 Å². The van der Waals surface area contributed by atoms with Crippen molar-refractivity contribution < 1.29 is 56.5 Å². The number of imidazole rings is 1. The van der Waals surface area contributed by atoms with Crippen LogP contribution >= 0.6 is 0 Å². The number of rotatable bonds is 1. The van der Waals surface area contributed by atoms with Crippen molar-refractivity contribution in [2.24, 2.45) is 0 Å². The van der Waals surface area contributed by atoms with Gasteiger partial charge in [0.25, 0.3) is 0 Å². The molecule has 0 spiro atoms. The summed E-state index contributed by atoms with van der Waals surface area (Å²) in [5, 5.41) is 10.8. The summed E-state index contributed by atoms with van der Waals surface area (Å²) < 4.78 is 1.85. The van der Waals surface area contributed by atoms with E-state index in [1.165, 1.54) is 12.1 Å². The third-order valence-corrected chi connectivity index (χ3v) is 1.64. The molecule has 0 aliphatic heterocycles. The summed E-state index contributed by atoms with van der Waals surface area (Å²) in [7, 11) is 0. The van der Waals surface area contributed by atoms with E-state index < -0.39 is 0 Å². The molecule has 4 heteroatoms. The maximum absolute atomic E-state index is 10.8. The van der Waals surface area contributed by atoms with Crippen LogP contribution in [0.4, 0.5) is 0 Å². The second-order valence-electron chi connectivity index (χ2n) is 2.46. The fourth-order valence-corrected chi connectivity index (χ4v) is 1.03. The number of benzene rings is 1. The molecule has 0 radical (unpaired) electrons. The third-order valence-electron chi connectivity index (χ3n) is 1.64. The predicted octanol–water partition coefficient (Wildman–Crippen LogP) is -2.05. The molecule has 13 heavy (non-hydrogen) atoms. The van der Waals surface area contributed by atoms with E-state index in [1.54, 1.807) is 24.7 Å². The summed E-state index contributed by atoms with van der Waals surface area (Å²) in [6, 6.07) is 6.61. The molecule has 2 rings (SSSR count). The van der Waals surface area contributed by atoms with E-state index >= 15 is 0 Å². The molecule has 0 fully saturated rings. The van der Waals surface area contributed by atoms with E-state index in [0.717, 1.165) is 5.69 Å². The molecule has 0 saturated heterocycles. The quantitative estimate of drug-likeness (QED) is 0.495. The van der Waals surface area contributed by atoms with Crippen LogP contribution < -0.4 is 56.5 Å². The van der Waals surface area contributed by atoms with E-state index in [1.807, 2.05) is 10.8 Å². The van der Waals surface area contributed by atoms with Crippen LogP contribution in [0.1, 0.15) is 0 Å². The van der Waals surface area contributed by atoms with Gasteiger partial charge in [0.15, 0.2) is 0 Å². The molecular formula is C9H7KN2O. The van der Waals surface area contributed by atoms with Gasteiger partial charge in [-0.3, -0.25) is 0 Å². The van der Waals surface area contributed by atoms with Crippen molar-refractivity contribution in [1.29, 1.82) is 0 Å². The van der Waals surface area contributed by atoms with Crippen molar-refractivity contribution in [3.63, 3.8) is 0 Å². The number of hydrogen-bond donors (Lipinski definition) is 0. The molecule has 0 atom stereocenters. The second kappa shape index (κ2) is 4.93. The van der Waals surface area contributed by atoms with Crippen LogP contribution in [0, 0.1) is 0 Å². The molecule has 3 nitrogen and oxygen atoms in total. The molecule has 0 N–H and O–H groups in total. The normalized spacial score (nSPS) is 9.23. The second-order valence-corrected chi connectivity index (χ2v) is 2.46. The zero-order valence-electron chi connectivity index (χ0n) is 7.34. The zero-order chi connectivity index (χ0) is 8.39. The van der Waals surface area contributed by atoms with E-state index in [4.69, 9.17) is 0 Å². The fourth-order valence-electron chi connectivity index (χ4n) is 1.03. The molecule has 2 aromatic rings. The van der Waals surface area contributed by atoms with Crippen LogP contribution in [0.2, 0.25) is 0 Å². The Morgan fingerprint density at radius 2 is 1.85 bits per heavy atom. The van der Waals surface area contributed by atoms with Gasteiger partial charge in [-0.05, 0) is 12.1 Å². The van der Waals surface area contributed by atoms with Gasteiger partial charge in [-0.25, -0.2) is 4.98 Å². The minimum Gasteiger partial charge on any atom is -0.872 e. The average molecular weight is 198 g/mol. The summed E-state index contributed by atoms with van der Waals surface area (Å²) in [6.07, 6.45) is 5.23. The maximum Gasteiger partial charge on any atom is 1.00 e. The van der Waals surface area contributed by atoms with E-state index in [9.17, 15) is 5.11 Å². The third kappa shape index (κ3) is 2.65. The van der Waals surface area contributed by atoms with Gasteiger partial charge in [0, 0.05) is 18.1 Å². The molecule has 1 aromatic carbocycles. The number of nitrogens with zero attached hydrogens (tertiary/aromatic N) is 2. The molecule has 0 aliphatic rings. The number of aromatic nitrogens is 2. The van der Waals surface area contributed by atoms with Gasteiger partial charge in [0.2, 0.25) is 0 Å². The van der Waals surface area contributed by atoms with Crippen molar-refractivity contribution in [3.8, 4) is 11.4 Å². The van der Waals surface area contributed by atoms with Gasteiger partial charge < -0.3 is 9.67 Å². The van der Waals surface area contributed by atoms with Crippen LogP contribution in [0.15, 0.2) is 43.0 Å². The Hall–Kier alpha value is -0.134. The van der Waals surface area contributed by atoms with Gasteiger partial charge in [-0.15, -0.1) is 5.75 Å². The summed E-state index contributed by atoms with van der Waals surface area (Å²) in [4.78, 5) is 3.91. The first-order valence-corrected chi connectivity index (χ1v) is 3.62. The van der Waals surface area contributed by atoms with E-state index in [2.05, 4.69) is 4.98 Å². The Balaban J connectivity index is 0.000000845. The molecule has 1 aromatic heterocycles. The van der Waals surface area contributed by atoms with E-state index in [-0.39, 0.29) is 57.1 Å². The van der Waals surface area contributed by atoms with Crippen molar-refractivity contribution in [3.05, 3.63) is 43.0 Å². The summed E-state index contributed by atoms with van der Waals surface area (Å²) in [6.45, 7) is 0.